The number of benzene rings is 3. The van der Waals surface area contributed by atoms with Crippen LogP contribution in [0.1, 0.15) is 43.5 Å². The molecule has 0 N–H and O–H groups in total. The van der Waals surface area contributed by atoms with Crippen LogP contribution in [-0.2, 0) is 16.1 Å². The summed E-state index contributed by atoms with van der Waals surface area (Å²) < 4.78 is 20.8. The normalized spacial score (nSPS) is 14.8. The molecule has 0 unspecified atom stereocenters. The van der Waals surface area contributed by atoms with Crippen molar-refractivity contribution in [2.24, 2.45) is 4.99 Å². The predicted octanol–water partition coefficient (Wildman–Crippen LogP) is 6.30. The molecule has 216 valence electrons. The number of carbonyl (C=O) groups excluding carboxylic acids is 1. The average Bonchev–Trinajstić information content (AvgIpc) is 3.27. The number of carbonyl (C=O) groups is 1. The van der Waals surface area contributed by atoms with Crippen LogP contribution in [0.15, 0.2) is 96.7 Å². The summed E-state index contributed by atoms with van der Waals surface area (Å²) >= 11 is 8.45. The van der Waals surface area contributed by atoms with Gasteiger partial charge in [-0.25, -0.2) is 9.79 Å². The number of fused-ring (bicyclic) bond motifs is 1. The third-order valence-electron chi connectivity index (χ3n) is 6.57. The Hall–Kier alpha value is -3.47. The summed E-state index contributed by atoms with van der Waals surface area (Å²) in [5.41, 5.74) is 3.07. The van der Waals surface area contributed by atoms with Gasteiger partial charge in [0.2, 0.25) is 0 Å². The van der Waals surface area contributed by atoms with E-state index >= 15 is 0 Å². The first-order valence-electron chi connectivity index (χ1n) is 13.4. The maximum atomic E-state index is 14.1. The molecule has 0 radical (unpaired) electrons. The van der Waals surface area contributed by atoms with Crippen molar-refractivity contribution >= 4 is 55.2 Å². The van der Waals surface area contributed by atoms with E-state index in [1.54, 1.807) is 24.5 Å². The van der Waals surface area contributed by atoms with Crippen molar-refractivity contribution in [3.05, 3.63) is 123 Å². The van der Waals surface area contributed by atoms with Crippen LogP contribution in [0, 0.1) is 0 Å². The Bertz CT molecular complexity index is 1830. The summed E-state index contributed by atoms with van der Waals surface area (Å²) in [7, 11) is 0. The Morgan fingerprint density at radius 1 is 1.02 bits per heavy atom. The van der Waals surface area contributed by atoms with Gasteiger partial charge < -0.3 is 14.2 Å². The SMILES string of the molecule is CCOC(=O)C1=C(C)N=c2s/c(=C\c3cc(Br)cc(Br)c3OCc3ccccc3)c(=O)n2[C@@H]1c1ccc(OCC)cc1. The van der Waals surface area contributed by atoms with Crippen molar-refractivity contribution in [2.45, 2.75) is 33.4 Å². The van der Waals surface area contributed by atoms with Gasteiger partial charge in [-0.3, -0.25) is 9.36 Å². The molecule has 2 heterocycles. The molecule has 0 aliphatic carbocycles. The van der Waals surface area contributed by atoms with Crippen molar-refractivity contribution in [2.75, 3.05) is 13.2 Å². The van der Waals surface area contributed by atoms with Crippen molar-refractivity contribution in [1.82, 2.24) is 4.57 Å². The summed E-state index contributed by atoms with van der Waals surface area (Å²) in [6.07, 6.45) is 1.80. The molecule has 0 fully saturated rings. The van der Waals surface area contributed by atoms with Crippen LogP contribution in [0.2, 0.25) is 0 Å². The summed E-state index contributed by atoms with van der Waals surface area (Å²) in [6.45, 7) is 6.54. The van der Waals surface area contributed by atoms with Gasteiger partial charge in [-0.1, -0.05) is 69.7 Å². The number of rotatable bonds is 9. The zero-order chi connectivity index (χ0) is 29.8. The Morgan fingerprint density at radius 2 is 1.76 bits per heavy atom. The molecule has 1 atom stereocenters. The van der Waals surface area contributed by atoms with E-state index in [2.05, 4.69) is 36.9 Å². The quantitative estimate of drug-likeness (QED) is 0.191. The van der Waals surface area contributed by atoms with Gasteiger partial charge in [-0.15, -0.1) is 0 Å². The molecule has 0 bridgehead atoms. The molecule has 42 heavy (non-hydrogen) atoms. The standard InChI is InChI=1S/C32H28Br2N2O5S/c1-4-39-24-13-11-21(12-14-24)28-27(31(38)40-5-2)19(3)35-32-36(28)30(37)26(42-32)16-22-15-23(33)17-25(34)29(22)41-18-20-9-7-6-8-10-20/h6-17,28H,4-5,18H2,1-3H3/b26-16-/t28-/m1/s1. The molecule has 1 aliphatic rings. The third kappa shape index (κ3) is 6.30. The van der Waals surface area contributed by atoms with Gasteiger partial charge in [-0.05, 0) is 78.2 Å². The van der Waals surface area contributed by atoms with E-state index in [0.29, 0.717) is 45.3 Å². The average molecular weight is 712 g/mol. The van der Waals surface area contributed by atoms with E-state index < -0.39 is 12.0 Å². The molecular formula is C32H28Br2N2O5S. The van der Waals surface area contributed by atoms with Gasteiger partial charge in [0.15, 0.2) is 4.80 Å². The maximum Gasteiger partial charge on any atom is 0.338 e. The van der Waals surface area contributed by atoms with Crippen LogP contribution in [0.25, 0.3) is 6.08 Å². The van der Waals surface area contributed by atoms with Crippen LogP contribution in [0.3, 0.4) is 0 Å². The fourth-order valence-electron chi connectivity index (χ4n) is 4.73. The van der Waals surface area contributed by atoms with Crippen molar-refractivity contribution in [3.8, 4) is 11.5 Å². The highest BCUT2D eigenvalue weighted by Crippen LogP contribution is 2.35. The van der Waals surface area contributed by atoms with Crippen molar-refractivity contribution in [1.29, 1.82) is 0 Å². The van der Waals surface area contributed by atoms with E-state index in [4.69, 9.17) is 14.2 Å². The molecule has 0 saturated heterocycles. The number of allylic oxidation sites excluding steroid dienone is 1. The summed E-state index contributed by atoms with van der Waals surface area (Å²) in [4.78, 5) is 32.4. The fourth-order valence-corrected chi connectivity index (χ4v) is 7.14. The first-order valence-corrected chi connectivity index (χ1v) is 15.8. The molecule has 0 saturated carbocycles. The highest BCUT2D eigenvalue weighted by atomic mass is 79.9. The summed E-state index contributed by atoms with van der Waals surface area (Å²) in [5, 5.41) is 0. The molecule has 4 aromatic rings. The molecule has 0 spiro atoms. The Balaban J connectivity index is 1.64. The summed E-state index contributed by atoms with van der Waals surface area (Å²) in [5.74, 6) is 0.814. The first kappa shape index (κ1) is 30.0. The second-order valence-electron chi connectivity index (χ2n) is 9.38. The van der Waals surface area contributed by atoms with Crippen LogP contribution in [0.5, 0.6) is 11.5 Å². The number of nitrogens with zero attached hydrogens (tertiary/aromatic N) is 2. The lowest BCUT2D eigenvalue weighted by molar-refractivity contribution is -0.139. The molecule has 1 aromatic heterocycles. The number of ether oxygens (including phenoxy) is 3. The van der Waals surface area contributed by atoms with Gasteiger partial charge in [0.05, 0.1) is 39.5 Å². The topological polar surface area (TPSA) is 79.1 Å². The molecule has 0 amide bonds. The number of esters is 1. The second kappa shape index (κ2) is 13.2. The van der Waals surface area contributed by atoms with Crippen LogP contribution < -0.4 is 24.4 Å². The number of halogens is 2. The van der Waals surface area contributed by atoms with Crippen LogP contribution >= 0.6 is 43.2 Å². The molecule has 1 aliphatic heterocycles. The Labute approximate surface area is 264 Å². The second-order valence-corrected chi connectivity index (χ2v) is 12.2. The molecule has 10 heteroatoms. The predicted molar refractivity (Wildman–Crippen MR) is 171 cm³/mol. The number of aromatic nitrogens is 1. The highest BCUT2D eigenvalue weighted by Gasteiger charge is 2.33. The van der Waals surface area contributed by atoms with Crippen molar-refractivity contribution in [3.63, 3.8) is 0 Å². The third-order valence-corrected chi connectivity index (χ3v) is 8.60. The van der Waals surface area contributed by atoms with E-state index in [0.717, 1.165) is 25.6 Å². The zero-order valence-electron chi connectivity index (χ0n) is 23.2. The van der Waals surface area contributed by atoms with Gasteiger partial charge in [0.1, 0.15) is 18.1 Å². The van der Waals surface area contributed by atoms with Crippen molar-refractivity contribution < 1.29 is 19.0 Å². The number of hydrogen-bond donors (Lipinski definition) is 0. The van der Waals surface area contributed by atoms with E-state index in [9.17, 15) is 9.59 Å². The van der Waals surface area contributed by atoms with Gasteiger partial charge in [-0.2, -0.15) is 0 Å². The monoisotopic (exact) mass is 710 g/mol. The Kier molecular flexibility index (Phi) is 9.45. The minimum atomic E-state index is -0.707. The smallest absolute Gasteiger partial charge is 0.338 e. The molecular weight excluding hydrogens is 684 g/mol. The van der Waals surface area contributed by atoms with Gasteiger partial charge in [0, 0.05) is 10.0 Å². The van der Waals surface area contributed by atoms with Gasteiger partial charge >= 0.3 is 5.97 Å². The lowest BCUT2D eigenvalue weighted by Crippen LogP contribution is -2.39. The first-order chi connectivity index (χ1) is 20.3. The number of hydrogen-bond acceptors (Lipinski definition) is 7. The minimum absolute atomic E-state index is 0.208. The lowest BCUT2D eigenvalue weighted by Gasteiger charge is -2.24. The minimum Gasteiger partial charge on any atom is -0.494 e. The highest BCUT2D eigenvalue weighted by molar-refractivity contribution is 9.11. The van der Waals surface area contributed by atoms with E-state index in [1.165, 1.54) is 11.3 Å². The largest absolute Gasteiger partial charge is 0.494 e. The molecule has 3 aromatic carbocycles. The fraction of sp³-hybridized carbons (Fsp3) is 0.219. The molecule has 7 nitrogen and oxygen atoms in total. The molecule has 5 rings (SSSR count). The van der Waals surface area contributed by atoms with E-state index in [1.807, 2.05) is 73.7 Å². The number of thiazole rings is 1. The maximum absolute atomic E-state index is 14.1. The zero-order valence-corrected chi connectivity index (χ0v) is 27.2. The van der Waals surface area contributed by atoms with Gasteiger partial charge in [0.25, 0.3) is 5.56 Å². The summed E-state index contributed by atoms with van der Waals surface area (Å²) in [6, 6.07) is 20.4. The Morgan fingerprint density at radius 3 is 2.45 bits per heavy atom. The lowest BCUT2D eigenvalue weighted by atomic mass is 9.96. The van der Waals surface area contributed by atoms with E-state index in [-0.39, 0.29) is 12.2 Å². The van der Waals surface area contributed by atoms with Crippen LogP contribution in [-0.4, -0.2) is 23.8 Å². The van der Waals surface area contributed by atoms with Crippen LogP contribution in [0.4, 0.5) is 0 Å².